The zero-order valence-electron chi connectivity index (χ0n) is 22.7. The highest BCUT2D eigenvalue weighted by Crippen LogP contribution is 2.32. The van der Waals surface area contributed by atoms with Gasteiger partial charge in [0.05, 0.1) is 38.3 Å². The first-order valence-electron chi connectivity index (χ1n) is 13.1. The van der Waals surface area contributed by atoms with Crippen LogP contribution in [0.3, 0.4) is 0 Å². The Hall–Kier alpha value is -4.79. The second-order valence-corrected chi connectivity index (χ2v) is 9.75. The molecule has 2 aromatic carbocycles. The summed E-state index contributed by atoms with van der Waals surface area (Å²) in [6.45, 7) is 2.66. The van der Waals surface area contributed by atoms with Gasteiger partial charge in [-0.3, -0.25) is 14.5 Å². The SMILES string of the molecule is CN1C(=O)CCOc2ccc(CN3CCn4nc(C(F)(F)F)nc4C3)cc21.NC(=O)c1ncn(Cc2ccccc2)n1. The smallest absolute Gasteiger partial charge is 0.453 e. The fourth-order valence-electron chi connectivity index (χ4n) is 4.55. The van der Waals surface area contributed by atoms with Gasteiger partial charge in [0.1, 0.15) is 17.9 Å². The zero-order valence-corrected chi connectivity index (χ0v) is 22.7. The van der Waals surface area contributed by atoms with E-state index in [2.05, 4.69) is 20.2 Å². The number of alkyl halides is 3. The maximum atomic E-state index is 12.8. The Labute approximate surface area is 238 Å². The van der Waals surface area contributed by atoms with E-state index in [9.17, 15) is 22.8 Å². The topological polar surface area (TPSA) is 137 Å². The molecular formula is C27H28F3N9O3. The van der Waals surface area contributed by atoms with E-state index in [0.717, 1.165) is 11.1 Å². The summed E-state index contributed by atoms with van der Waals surface area (Å²) in [5, 5.41) is 7.48. The van der Waals surface area contributed by atoms with Gasteiger partial charge in [-0.1, -0.05) is 36.4 Å². The summed E-state index contributed by atoms with van der Waals surface area (Å²) in [7, 11) is 1.71. The lowest BCUT2D eigenvalue weighted by Crippen LogP contribution is -2.33. The van der Waals surface area contributed by atoms with Crippen molar-refractivity contribution in [1.29, 1.82) is 0 Å². The molecule has 2 N–H and O–H groups in total. The van der Waals surface area contributed by atoms with Crippen molar-refractivity contribution in [2.24, 2.45) is 5.73 Å². The van der Waals surface area contributed by atoms with Crippen molar-refractivity contribution in [3.63, 3.8) is 0 Å². The number of primary amides is 1. The summed E-state index contributed by atoms with van der Waals surface area (Å²) in [6, 6.07) is 15.4. The van der Waals surface area contributed by atoms with Crippen molar-refractivity contribution in [3.8, 4) is 5.75 Å². The Morgan fingerprint density at radius 1 is 1.05 bits per heavy atom. The number of carbonyl (C=O) groups is 2. The number of anilines is 1. The van der Waals surface area contributed by atoms with Crippen LogP contribution in [0.25, 0.3) is 0 Å². The molecule has 6 rings (SSSR count). The maximum Gasteiger partial charge on any atom is 0.453 e. The Morgan fingerprint density at radius 2 is 1.83 bits per heavy atom. The molecule has 0 bridgehead atoms. The number of hydrogen-bond acceptors (Lipinski definition) is 8. The third-order valence-corrected chi connectivity index (χ3v) is 6.68. The van der Waals surface area contributed by atoms with E-state index in [1.807, 2.05) is 53.4 Å². The monoisotopic (exact) mass is 583 g/mol. The van der Waals surface area contributed by atoms with Crippen LogP contribution < -0.4 is 15.4 Å². The summed E-state index contributed by atoms with van der Waals surface area (Å²) in [5.41, 5.74) is 7.79. The largest absolute Gasteiger partial charge is 0.491 e. The van der Waals surface area contributed by atoms with Crippen LogP contribution in [0.5, 0.6) is 5.75 Å². The Bertz CT molecular complexity index is 1570. The number of amides is 2. The molecular weight excluding hydrogens is 555 g/mol. The van der Waals surface area contributed by atoms with Gasteiger partial charge in [-0.15, -0.1) is 10.2 Å². The first-order chi connectivity index (χ1) is 20.1. The van der Waals surface area contributed by atoms with Crippen LogP contribution in [0.1, 0.15) is 39.8 Å². The Morgan fingerprint density at radius 3 is 2.55 bits per heavy atom. The molecule has 0 aliphatic carbocycles. The van der Waals surface area contributed by atoms with Gasteiger partial charge in [-0.25, -0.2) is 19.3 Å². The Balaban J connectivity index is 0.000000199. The molecule has 15 heteroatoms. The van der Waals surface area contributed by atoms with Crippen LogP contribution in [0.15, 0.2) is 54.9 Å². The van der Waals surface area contributed by atoms with Crippen LogP contribution in [-0.2, 0) is 37.1 Å². The summed E-state index contributed by atoms with van der Waals surface area (Å²) in [5.74, 6) is -0.717. The van der Waals surface area contributed by atoms with Gasteiger partial charge in [-0.2, -0.15) is 13.2 Å². The summed E-state index contributed by atoms with van der Waals surface area (Å²) in [6.07, 6.45) is -2.72. The van der Waals surface area contributed by atoms with Gasteiger partial charge in [0, 0.05) is 20.1 Å². The molecule has 0 fully saturated rings. The van der Waals surface area contributed by atoms with Gasteiger partial charge < -0.3 is 15.4 Å². The minimum Gasteiger partial charge on any atom is -0.491 e. The highest BCUT2D eigenvalue weighted by Gasteiger charge is 2.38. The number of halogens is 3. The molecule has 2 aliphatic heterocycles. The van der Waals surface area contributed by atoms with Gasteiger partial charge >= 0.3 is 6.18 Å². The molecule has 2 aliphatic rings. The fraction of sp³-hybridized carbons (Fsp3) is 0.333. The van der Waals surface area contributed by atoms with E-state index in [4.69, 9.17) is 10.5 Å². The van der Waals surface area contributed by atoms with Crippen LogP contribution in [0.4, 0.5) is 18.9 Å². The predicted molar refractivity (Wildman–Crippen MR) is 143 cm³/mol. The molecule has 0 spiro atoms. The van der Waals surface area contributed by atoms with Crippen LogP contribution in [0, 0.1) is 0 Å². The molecule has 4 heterocycles. The minimum absolute atomic E-state index is 0.0170. The van der Waals surface area contributed by atoms with Gasteiger partial charge in [0.15, 0.2) is 0 Å². The lowest BCUT2D eigenvalue weighted by atomic mass is 10.1. The number of fused-ring (bicyclic) bond motifs is 2. The molecule has 2 aromatic heterocycles. The van der Waals surface area contributed by atoms with Gasteiger partial charge in [0.2, 0.25) is 11.7 Å². The second kappa shape index (κ2) is 12.0. The van der Waals surface area contributed by atoms with E-state index in [0.29, 0.717) is 56.5 Å². The van der Waals surface area contributed by atoms with Gasteiger partial charge in [-0.05, 0) is 23.3 Å². The number of benzene rings is 2. The highest BCUT2D eigenvalue weighted by molar-refractivity contribution is 5.95. The third kappa shape index (κ3) is 6.74. The number of nitrogens with two attached hydrogens (primary N) is 1. The molecule has 0 saturated heterocycles. The van der Waals surface area contributed by atoms with E-state index < -0.39 is 17.9 Å². The number of ether oxygens (including phenoxy) is 1. The van der Waals surface area contributed by atoms with Crippen LogP contribution in [0.2, 0.25) is 0 Å². The lowest BCUT2D eigenvalue weighted by Gasteiger charge is -2.27. The fourth-order valence-corrected chi connectivity index (χ4v) is 4.55. The molecule has 0 saturated carbocycles. The van der Waals surface area contributed by atoms with E-state index in [1.165, 1.54) is 11.0 Å². The standard InChI is InChI=1S/C17H18F3N5O2.C10H10N4O/c1-23-12-8-11(2-3-13(12)27-7-4-15(23)26)9-24-5-6-25-14(10-24)21-16(22-25)17(18,19)20;11-9(15)10-12-7-14(13-10)6-8-4-2-1-3-5-8/h2-3,8H,4-7,9-10H2,1H3;1-5,7H,6H2,(H2,11,15). The predicted octanol–water partition coefficient (Wildman–Crippen LogP) is 2.48. The normalized spacial score (nSPS) is 15.1. The van der Waals surface area contributed by atoms with Crippen molar-refractivity contribution >= 4 is 17.5 Å². The number of aromatic nitrogens is 6. The molecule has 0 atom stereocenters. The third-order valence-electron chi connectivity index (χ3n) is 6.68. The number of carbonyl (C=O) groups excluding carboxylic acids is 2. The summed E-state index contributed by atoms with van der Waals surface area (Å²) >= 11 is 0. The van der Waals surface area contributed by atoms with Gasteiger partial charge in [0.25, 0.3) is 11.7 Å². The second-order valence-electron chi connectivity index (χ2n) is 9.75. The first-order valence-corrected chi connectivity index (χ1v) is 13.1. The van der Waals surface area contributed by atoms with E-state index in [1.54, 1.807) is 16.6 Å². The summed E-state index contributed by atoms with van der Waals surface area (Å²) in [4.78, 5) is 33.8. The average Bonchev–Trinajstić information content (AvgIpc) is 3.58. The van der Waals surface area contributed by atoms with Crippen molar-refractivity contribution in [2.75, 3.05) is 25.1 Å². The number of nitrogens with zero attached hydrogens (tertiary/aromatic N) is 8. The average molecular weight is 584 g/mol. The highest BCUT2D eigenvalue weighted by atomic mass is 19.4. The molecule has 2 amide bonds. The maximum absolute atomic E-state index is 12.8. The zero-order chi connectivity index (χ0) is 29.9. The molecule has 42 heavy (non-hydrogen) atoms. The molecule has 0 unspecified atom stereocenters. The van der Waals surface area contributed by atoms with Crippen molar-refractivity contribution in [2.45, 2.75) is 38.8 Å². The van der Waals surface area contributed by atoms with E-state index >= 15 is 0 Å². The quantitative estimate of drug-likeness (QED) is 0.378. The first kappa shape index (κ1) is 28.7. The molecule has 220 valence electrons. The van der Waals surface area contributed by atoms with E-state index in [-0.39, 0.29) is 18.3 Å². The van der Waals surface area contributed by atoms with Crippen molar-refractivity contribution in [3.05, 3.63) is 83.5 Å². The summed E-state index contributed by atoms with van der Waals surface area (Å²) < 4.78 is 46.9. The van der Waals surface area contributed by atoms with Crippen molar-refractivity contribution in [1.82, 2.24) is 34.4 Å². The Kier molecular flexibility index (Phi) is 8.20. The lowest BCUT2D eigenvalue weighted by molar-refractivity contribution is -0.145. The van der Waals surface area contributed by atoms with Crippen LogP contribution >= 0.6 is 0 Å². The molecule has 0 radical (unpaired) electrons. The number of rotatable bonds is 5. The minimum atomic E-state index is -4.54. The van der Waals surface area contributed by atoms with Crippen molar-refractivity contribution < 1.29 is 27.5 Å². The molecule has 12 nitrogen and oxygen atoms in total. The molecule has 4 aromatic rings. The van der Waals surface area contributed by atoms with Crippen LogP contribution in [-0.4, -0.2) is 66.4 Å². The number of hydrogen-bond donors (Lipinski definition) is 1.